The summed E-state index contributed by atoms with van der Waals surface area (Å²) in [5.41, 5.74) is 5.52. The zero-order chi connectivity index (χ0) is 34.5. The van der Waals surface area contributed by atoms with Crippen LogP contribution in [0.1, 0.15) is 12.5 Å². The van der Waals surface area contributed by atoms with Crippen LogP contribution in [0.2, 0.25) is 0 Å². The van der Waals surface area contributed by atoms with Gasteiger partial charge >= 0.3 is 15.4 Å². The summed E-state index contributed by atoms with van der Waals surface area (Å²) in [7, 11) is -6.17. The van der Waals surface area contributed by atoms with Crippen molar-refractivity contribution in [1.82, 2.24) is 39.0 Å². The number of hydrogen-bond acceptors (Lipinski definition) is 18. The summed E-state index contributed by atoms with van der Waals surface area (Å²) in [6.07, 6.45) is -7.09. The van der Waals surface area contributed by atoms with Crippen molar-refractivity contribution in [3.63, 3.8) is 0 Å². The quantitative estimate of drug-likeness (QED) is 0.0815. The number of ether oxygens (including phenoxy) is 3. The molecule has 0 bridgehead atoms. The number of methoxy groups -OCH3 is 1. The molecular weight excluding hydrogens is 686 g/mol. The minimum atomic E-state index is -5.06. The van der Waals surface area contributed by atoms with E-state index in [1.807, 2.05) is 0 Å². The van der Waals surface area contributed by atoms with Crippen LogP contribution in [0, 0.1) is 0 Å². The smallest absolute Gasteiger partial charge is 0.387 e. The van der Waals surface area contributed by atoms with Crippen molar-refractivity contribution in [2.75, 3.05) is 45.1 Å². The number of aromatic nitrogens is 8. The van der Waals surface area contributed by atoms with E-state index >= 15 is 0 Å². The molecule has 4 unspecified atom stereocenters. The van der Waals surface area contributed by atoms with Gasteiger partial charge in [-0.2, -0.15) is 4.98 Å². The van der Waals surface area contributed by atoms with Crippen molar-refractivity contribution in [3.05, 3.63) is 29.3 Å². The number of aromatic amines is 1. The average molecular weight is 719 g/mol. The lowest BCUT2D eigenvalue weighted by atomic mass is 10.1. The molecule has 6 heterocycles. The predicted octanol–water partition coefficient (Wildman–Crippen LogP) is -1.55. The molecule has 23 nitrogen and oxygen atoms in total. The van der Waals surface area contributed by atoms with Crippen molar-refractivity contribution in [2.45, 2.75) is 49.1 Å². The number of nitrogens with zero attached hydrogens (tertiary/aromatic N) is 7. The number of nitrogens with two attached hydrogens (primary N) is 1. The first-order valence-corrected chi connectivity index (χ1v) is 17.6. The number of nitrogen functional groups attached to an aromatic ring is 1. The summed E-state index contributed by atoms with van der Waals surface area (Å²) in [6, 6.07) is 0. The number of aliphatic hydroxyl groups excluding tert-OH is 2. The number of rotatable bonds is 12. The first-order valence-electron chi connectivity index (χ1n) is 14.1. The Labute approximate surface area is 269 Å². The molecule has 6 rings (SSSR count). The lowest BCUT2D eigenvalue weighted by molar-refractivity contribution is -0.0580. The van der Waals surface area contributed by atoms with Crippen LogP contribution in [0.15, 0.2) is 23.8 Å². The highest BCUT2D eigenvalue weighted by Crippen LogP contribution is 2.50. The summed E-state index contributed by atoms with van der Waals surface area (Å²) in [5.74, 6) is 0.188. The molecule has 10 atom stereocenters. The standard InChI is InChI=1S/C23H32N10O13P2/c1-25-17-11-18(27-6-26-17)32(7-28-11)22-16(41-2)15(10(45-22)5-42-47(3,37)38)46-48(39,40)43-4-9-13(34)14(35)21(44-9)33-8-29-12-19(33)30-23(24)31-20(12)36/h6-10,13-16,21-22,34-35H,4-5H2,1-3H3,(H,37,38)(H,39,40)(H,25,26,27)(H3,24,30,31,36)/t9-,10-,13+,14?,15+,16?,21-,22-/m1/s1. The second kappa shape index (κ2) is 13.1. The summed E-state index contributed by atoms with van der Waals surface area (Å²) >= 11 is 0. The van der Waals surface area contributed by atoms with Gasteiger partial charge in [-0.05, 0) is 0 Å². The Morgan fingerprint density at radius 2 is 1.62 bits per heavy atom. The number of H-pyrrole nitrogens is 1. The Bertz CT molecular complexity index is 1950. The van der Waals surface area contributed by atoms with Gasteiger partial charge in [0.15, 0.2) is 35.1 Å². The second-order valence-electron chi connectivity index (χ2n) is 10.8. The molecule has 2 saturated heterocycles. The van der Waals surface area contributed by atoms with Gasteiger partial charge in [-0.15, -0.1) is 0 Å². The van der Waals surface area contributed by atoms with Crippen molar-refractivity contribution in [1.29, 1.82) is 0 Å². The molecule has 0 saturated carbocycles. The van der Waals surface area contributed by atoms with Crippen molar-refractivity contribution in [3.8, 4) is 0 Å². The largest absolute Gasteiger partial charge is 0.472 e. The van der Waals surface area contributed by atoms with Gasteiger partial charge < -0.3 is 49.8 Å². The Kier molecular flexibility index (Phi) is 9.41. The Hall–Kier alpha value is -3.44. The molecule has 48 heavy (non-hydrogen) atoms. The number of imidazole rings is 2. The zero-order valence-corrected chi connectivity index (χ0v) is 27.1. The van der Waals surface area contributed by atoms with Crippen LogP contribution < -0.4 is 16.6 Å². The van der Waals surface area contributed by atoms with E-state index in [4.69, 9.17) is 33.5 Å². The number of phosphoric acid groups is 1. The molecule has 0 aromatic carbocycles. The Morgan fingerprint density at radius 3 is 2.31 bits per heavy atom. The van der Waals surface area contributed by atoms with E-state index in [-0.39, 0.29) is 17.1 Å². The molecule has 262 valence electrons. The van der Waals surface area contributed by atoms with Crippen LogP contribution in [0.3, 0.4) is 0 Å². The fraction of sp³-hybridized carbons (Fsp3) is 0.565. The normalized spacial score (nSPS) is 30.1. The molecular formula is C23H32N10O13P2. The maximum Gasteiger partial charge on any atom is 0.472 e. The molecule has 0 radical (unpaired) electrons. The van der Waals surface area contributed by atoms with Crippen LogP contribution in [-0.4, -0.2) is 130 Å². The molecule has 4 aromatic heterocycles. The molecule has 4 aromatic rings. The Balaban J connectivity index is 1.20. The molecule has 0 aliphatic carbocycles. The third-order valence-electron chi connectivity index (χ3n) is 7.62. The van der Waals surface area contributed by atoms with E-state index in [1.165, 1.54) is 28.9 Å². The topological polar surface area (TPSA) is 316 Å². The highest BCUT2D eigenvalue weighted by molar-refractivity contribution is 7.51. The van der Waals surface area contributed by atoms with Gasteiger partial charge in [0, 0.05) is 20.8 Å². The van der Waals surface area contributed by atoms with Crippen LogP contribution in [-0.2, 0) is 36.9 Å². The Morgan fingerprint density at radius 1 is 0.958 bits per heavy atom. The lowest BCUT2D eigenvalue weighted by Gasteiger charge is -2.26. The van der Waals surface area contributed by atoms with Crippen molar-refractivity contribution >= 4 is 49.5 Å². The third-order valence-corrected chi connectivity index (χ3v) is 9.24. The number of aliphatic hydroxyl groups is 2. The number of hydrogen-bond donors (Lipinski definition) is 7. The fourth-order valence-electron chi connectivity index (χ4n) is 5.45. The second-order valence-corrected chi connectivity index (χ2v) is 14.1. The van der Waals surface area contributed by atoms with Crippen LogP contribution >= 0.6 is 15.4 Å². The van der Waals surface area contributed by atoms with Gasteiger partial charge in [0.05, 0.1) is 25.9 Å². The third kappa shape index (κ3) is 6.60. The molecule has 8 N–H and O–H groups in total. The van der Waals surface area contributed by atoms with E-state index in [0.717, 1.165) is 13.0 Å². The maximum atomic E-state index is 13.3. The molecule has 0 amide bonds. The summed E-state index contributed by atoms with van der Waals surface area (Å²) in [6.45, 7) is -0.377. The van der Waals surface area contributed by atoms with Crippen LogP contribution in [0.4, 0.5) is 11.8 Å². The molecule has 25 heteroatoms. The molecule has 2 aliphatic heterocycles. The minimum absolute atomic E-state index is 0.0429. The molecule has 0 spiro atoms. The van der Waals surface area contributed by atoms with E-state index in [1.54, 1.807) is 7.05 Å². The van der Waals surface area contributed by atoms with Gasteiger partial charge in [-0.25, -0.2) is 24.5 Å². The SMILES string of the molecule is CNc1ncnc2c1ncn2[C@@H]1O[C@H](COP(C)(=O)O)[C@H](OP(=O)(O)OC[C@H]2O[C@@H](n3cnc4c(=O)[nH]c(N)nc43)C(O)[C@H]2O)C1OC. The number of phosphoric ester groups is 1. The summed E-state index contributed by atoms with van der Waals surface area (Å²) in [5, 5.41) is 24.3. The van der Waals surface area contributed by atoms with Crippen LogP contribution in [0.5, 0.6) is 0 Å². The van der Waals surface area contributed by atoms with Gasteiger partial charge in [0.2, 0.25) is 5.95 Å². The monoisotopic (exact) mass is 718 g/mol. The van der Waals surface area contributed by atoms with Gasteiger partial charge in [-0.3, -0.25) is 32.5 Å². The van der Waals surface area contributed by atoms with Crippen molar-refractivity contribution in [2.24, 2.45) is 0 Å². The highest BCUT2D eigenvalue weighted by atomic mass is 31.2. The van der Waals surface area contributed by atoms with Crippen LogP contribution in [0.25, 0.3) is 22.3 Å². The predicted molar refractivity (Wildman–Crippen MR) is 160 cm³/mol. The van der Waals surface area contributed by atoms with E-state index < -0.39 is 83.3 Å². The van der Waals surface area contributed by atoms with Gasteiger partial charge in [0.25, 0.3) is 5.56 Å². The lowest BCUT2D eigenvalue weighted by Crippen LogP contribution is -2.37. The maximum absolute atomic E-state index is 13.3. The highest BCUT2D eigenvalue weighted by Gasteiger charge is 2.52. The summed E-state index contributed by atoms with van der Waals surface area (Å²) in [4.78, 5) is 55.6. The fourth-order valence-corrected chi connectivity index (χ4v) is 6.84. The minimum Gasteiger partial charge on any atom is -0.387 e. The first-order chi connectivity index (χ1) is 22.7. The van der Waals surface area contributed by atoms with Gasteiger partial charge in [-0.1, -0.05) is 0 Å². The molecule has 2 fully saturated rings. The number of nitrogens with one attached hydrogen (secondary N) is 2. The number of fused-ring (bicyclic) bond motifs is 2. The van der Waals surface area contributed by atoms with E-state index in [9.17, 15) is 33.9 Å². The molecule has 2 aliphatic rings. The first kappa shape index (κ1) is 34.4. The van der Waals surface area contributed by atoms with Gasteiger partial charge in [0.1, 0.15) is 48.5 Å². The zero-order valence-electron chi connectivity index (χ0n) is 25.3. The average Bonchev–Trinajstić information content (AvgIpc) is 3.79. The number of anilines is 2. The van der Waals surface area contributed by atoms with E-state index in [0.29, 0.717) is 17.0 Å². The summed E-state index contributed by atoms with van der Waals surface area (Å²) < 4.78 is 61.0. The van der Waals surface area contributed by atoms with Crippen molar-refractivity contribution < 1.29 is 56.9 Å². The van der Waals surface area contributed by atoms with E-state index in [2.05, 4.69) is 35.2 Å².